The van der Waals surface area contributed by atoms with E-state index in [-0.39, 0.29) is 0 Å². The van der Waals surface area contributed by atoms with E-state index in [4.69, 9.17) is 13.0 Å². The number of aryl methyl sites for hydroxylation is 1. The van der Waals surface area contributed by atoms with Crippen LogP contribution in [0.2, 0.25) is 16.6 Å². The second-order valence-electron chi connectivity index (χ2n) is 7.52. The highest BCUT2D eigenvalue weighted by Gasteiger charge is 2.42. The lowest BCUT2D eigenvalue weighted by Crippen LogP contribution is -2.47. The number of alkyl halides is 3. The monoisotopic (exact) mass is 413 g/mol. The molecule has 1 aromatic heterocycles. The van der Waals surface area contributed by atoms with E-state index in [2.05, 4.69) is 77.7 Å². The molecule has 0 saturated carbocycles. The Morgan fingerprint density at radius 3 is 1.54 bits per heavy atom. The number of aromatic nitrogens is 1. The minimum Gasteiger partial charge on any atom is -0.741 e. The van der Waals surface area contributed by atoms with E-state index in [0.29, 0.717) is 0 Å². The highest BCUT2D eigenvalue weighted by molar-refractivity contribution is 7.86. The second-order valence-corrected chi connectivity index (χ2v) is 14.9. The van der Waals surface area contributed by atoms with Gasteiger partial charge in [0.1, 0.15) is 7.05 Å². The summed E-state index contributed by atoms with van der Waals surface area (Å²) in [6.45, 7) is 14.6. The van der Waals surface area contributed by atoms with Gasteiger partial charge in [0.25, 0.3) is 0 Å². The van der Waals surface area contributed by atoms with Crippen molar-refractivity contribution in [1.82, 2.24) is 0 Å². The molecule has 0 aromatic carbocycles. The van der Waals surface area contributed by atoms with E-state index in [9.17, 15) is 13.2 Å². The smallest absolute Gasteiger partial charge is 0.485 e. The molecule has 0 radical (unpaired) electrons. The Morgan fingerprint density at radius 1 is 1.00 bits per heavy atom. The Hall–Kier alpha value is -0.933. The van der Waals surface area contributed by atoms with Gasteiger partial charge in [-0.15, -0.1) is 0 Å². The molecule has 9 heteroatoms. The van der Waals surface area contributed by atoms with Crippen molar-refractivity contribution in [2.75, 3.05) is 0 Å². The Morgan fingerprint density at radius 2 is 1.31 bits per heavy atom. The SMILES string of the molecule is CC(C)[Si](Cc1cc[n+](C)cc1)(C(C)C)C(C)C.O=S(=O)([O-])C(F)(F)F. The summed E-state index contributed by atoms with van der Waals surface area (Å²) in [6, 6.07) is 5.92. The van der Waals surface area contributed by atoms with Gasteiger partial charge in [0, 0.05) is 12.1 Å². The maximum atomic E-state index is 10.7. The van der Waals surface area contributed by atoms with Crippen LogP contribution >= 0.6 is 0 Å². The fourth-order valence-electron chi connectivity index (χ4n) is 3.62. The topological polar surface area (TPSA) is 61.1 Å². The minimum atomic E-state index is -6.09. The van der Waals surface area contributed by atoms with E-state index in [1.807, 2.05) is 0 Å². The summed E-state index contributed by atoms with van der Waals surface area (Å²) in [5, 5.41) is 0. The Bertz CT molecular complexity index is 635. The maximum Gasteiger partial charge on any atom is 0.485 e. The molecule has 0 aliphatic heterocycles. The molecule has 0 aliphatic rings. The van der Waals surface area contributed by atoms with E-state index in [1.165, 1.54) is 11.6 Å². The molecule has 0 spiro atoms. The van der Waals surface area contributed by atoms with Crippen molar-refractivity contribution < 1.29 is 30.7 Å². The molecule has 4 nitrogen and oxygen atoms in total. The Balaban J connectivity index is 0.000000660. The number of rotatable bonds is 5. The molecule has 26 heavy (non-hydrogen) atoms. The fourth-order valence-corrected chi connectivity index (χ4v) is 9.78. The molecular weight excluding hydrogens is 383 g/mol. The van der Waals surface area contributed by atoms with Gasteiger partial charge < -0.3 is 4.55 Å². The van der Waals surface area contributed by atoms with Gasteiger partial charge in [-0.1, -0.05) is 58.2 Å². The number of hydrogen-bond donors (Lipinski definition) is 0. The van der Waals surface area contributed by atoms with Gasteiger partial charge in [0.05, 0.1) is 8.07 Å². The zero-order chi connectivity index (χ0) is 20.9. The van der Waals surface area contributed by atoms with E-state index < -0.39 is 23.7 Å². The van der Waals surface area contributed by atoms with Gasteiger partial charge in [0.2, 0.25) is 0 Å². The van der Waals surface area contributed by atoms with Crippen LogP contribution in [0.4, 0.5) is 13.2 Å². The summed E-state index contributed by atoms with van der Waals surface area (Å²) >= 11 is 0. The molecule has 1 heterocycles. The summed E-state index contributed by atoms with van der Waals surface area (Å²) in [5.41, 5.74) is -1.60. The third kappa shape index (κ3) is 6.66. The predicted octanol–water partition coefficient (Wildman–Crippen LogP) is 4.32. The van der Waals surface area contributed by atoms with Crippen LogP contribution < -0.4 is 4.57 Å². The van der Waals surface area contributed by atoms with Gasteiger partial charge >= 0.3 is 5.51 Å². The van der Waals surface area contributed by atoms with Gasteiger partial charge in [-0.05, 0) is 11.6 Å². The van der Waals surface area contributed by atoms with Crippen molar-refractivity contribution in [3.63, 3.8) is 0 Å². The largest absolute Gasteiger partial charge is 0.741 e. The summed E-state index contributed by atoms with van der Waals surface area (Å²) in [6.07, 6.45) is 4.35. The normalized spacial score (nSPS) is 13.2. The fraction of sp³-hybridized carbons (Fsp3) is 0.706. The lowest BCUT2D eigenvalue weighted by molar-refractivity contribution is -0.671. The lowest BCUT2D eigenvalue weighted by atomic mass is 10.3. The summed E-state index contributed by atoms with van der Waals surface area (Å²) in [7, 11) is -5.30. The first-order valence-corrected chi connectivity index (χ1v) is 12.4. The average Bonchev–Trinajstić information content (AvgIpc) is 2.44. The first-order valence-electron chi connectivity index (χ1n) is 8.52. The average molecular weight is 414 g/mol. The number of halogens is 3. The van der Waals surface area contributed by atoms with E-state index in [1.54, 1.807) is 0 Å². The molecule has 0 unspecified atom stereocenters. The first-order chi connectivity index (χ1) is 11.6. The molecule has 0 fully saturated rings. The molecule has 0 aliphatic carbocycles. The highest BCUT2D eigenvalue weighted by Crippen LogP contribution is 2.43. The van der Waals surface area contributed by atoms with Crippen molar-refractivity contribution in [2.45, 2.75) is 69.7 Å². The third-order valence-electron chi connectivity index (χ3n) is 5.07. The Labute approximate surface area is 156 Å². The summed E-state index contributed by atoms with van der Waals surface area (Å²) < 4.78 is 61.0. The minimum absolute atomic E-state index is 0.839. The molecule has 0 bridgehead atoms. The van der Waals surface area contributed by atoms with E-state index >= 15 is 0 Å². The molecular formula is C17H30F3NO3SSi. The first kappa shape index (κ1) is 25.1. The van der Waals surface area contributed by atoms with Crippen molar-refractivity contribution >= 4 is 18.2 Å². The van der Waals surface area contributed by atoms with Crippen LogP contribution in [0.5, 0.6) is 0 Å². The summed E-state index contributed by atoms with van der Waals surface area (Å²) in [5.74, 6) is 0. The molecule has 0 atom stereocenters. The van der Waals surface area contributed by atoms with Gasteiger partial charge in [-0.3, -0.25) is 0 Å². The highest BCUT2D eigenvalue weighted by atomic mass is 32.2. The van der Waals surface area contributed by atoms with Crippen LogP contribution in [-0.4, -0.2) is 26.6 Å². The zero-order valence-corrected chi connectivity index (χ0v) is 18.3. The van der Waals surface area contributed by atoms with Gasteiger partial charge in [-0.2, -0.15) is 13.2 Å². The lowest BCUT2D eigenvalue weighted by Gasteiger charge is -2.43. The van der Waals surface area contributed by atoms with Crippen LogP contribution in [0, 0.1) is 0 Å². The van der Waals surface area contributed by atoms with Gasteiger partial charge in [0.15, 0.2) is 22.5 Å². The number of nitrogens with zero attached hydrogens (tertiary/aromatic N) is 1. The van der Waals surface area contributed by atoms with Crippen molar-refractivity contribution in [3.05, 3.63) is 30.1 Å². The van der Waals surface area contributed by atoms with Crippen molar-refractivity contribution in [2.24, 2.45) is 7.05 Å². The molecule has 1 rings (SSSR count). The van der Waals surface area contributed by atoms with Gasteiger partial charge in [-0.25, -0.2) is 13.0 Å². The molecule has 0 N–H and O–H groups in total. The van der Waals surface area contributed by atoms with Crippen molar-refractivity contribution in [1.29, 1.82) is 0 Å². The van der Waals surface area contributed by atoms with Crippen LogP contribution in [0.15, 0.2) is 24.5 Å². The van der Waals surface area contributed by atoms with Crippen LogP contribution in [0.1, 0.15) is 47.1 Å². The zero-order valence-electron chi connectivity index (χ0n) is 16.5. The quantitative estimate of drug-likeness (QED) is 0.313. The second kappa shape index (κ2) is 9.32. The van der Waals surface area contributed by atoms with Crippen LogP contribution in [0.3, 0.4) is 0 Å². The van der Waals surface area contributed by atoms with Crippen molar-refractivity contribution in [3.8, 4) is 0 Å². The molecule has 0 saturated heterocycles. The molecule has 152 valence electrons. The van der Waals surface area contributed by atoms with Crippen LogP contribution in [0.25, 0.3) is 0 Å². The number of pyridine rings is 1. The third-order valence-corrected chi connectivity index (χ3v) is 13.1. The predicted molar refractivity (Wildman–Crippen MR) is 98.1 cm³/mol. The van der Waals surface area contributed by atoms with E-state index in [0.717, 1.165) is 16.6 Å². The van der Waals surface area contributed by atoms with Crippen LogP contribution in [-0.2, 0) is 23.2 Å². The molecule has 1 aromatic rings. The Kier molecular flexibility index (Phi) is 8.99. The standard InChI is InChI=1S/C16H30NSi.CHF3O3S/c1-13(2)18(14(3)4,15(5)6)12-16-8-10-17(7)11-9-16;2-1(3,4)8(5,6)7/h8-11,13-15H,12H2,1-7H3;(H,5,6,7)/q+1;/p-1. The number of hydrogen-bond acceptors (Lipinski definition) is 3. The molecule has 0 amide bonds. The summed E-state index contributed by atoms with van der Waals surface area (Å²) in [4.78, 5) is 0. The maximum absolute atomic E-state index is 10.7.